The van der Waals surface area contributed by atoms with Gasteiger partial charge in [0.1, 0.15) is 11.5 Å². The Hall–Kier alpha value is -2.40. The Bertz CT molecular complexity index is 687. The number of carbonyl (C=O) groups is 1. The molecule has 0 aromatic heterocycles. The lowest BCUT2D eigenvalue weighted by Crippen LogP contribution is -2.22. The third-order valence-corrected chi connectivity index (χ3v) is 3.71. The molecule has 0 aliphatic carbocycles. The van der Waals surface area contributed by atoms with E-state index in [-0.39, 0.29) is 12.5 Å². The predicted molar refractivity (Wildman–Crippen MR) is 92.9 cm³/mol. The second-order valence-corrected chi connectivity index (χ2v) is 5.34. The summed E-state index contributed by atoms with van der Waals surface area (Å²) in [6, 6.07) is 10.8. The maximum absolute atomic E-state index is 12.1. The third-order valence-electron chi connectivity index (χ3n) is 3.30. The van der Waals surface area contributed by atoms with E-state index in [4.69, 9.17) is 21.1 Å². The first-order valence-corrected chi connectivity index (χ1v) is 7.43. The number of methoxy groups -OCH3 is 2. The van der Waals surface area contributed by atoms with Crippen LogP contribution in [0.2, 0.25) is 5.02 Å². The van der Waals surface area contributed by atoms with Gasteiger partial charge in [-0.15, -0.1) is 0 Å². The Kier molecular flexibility index (Phi) is 5.71. The van der Waals surface area contributed by atoms with Gasteiger partial charge in [-0.05, 0) is 42.8 Å². The van der Waals surface area contributed by atoms with Crippen LogP contribution in [-0.4, -0.2) is 26.7 Å². The third kappa shape index (κ3) is 4.53. The summed E-state index contributed by atoms with van der Waals surface area (Å²) >= 11 is 6.05. The molecule has 0 heterocycles. The van der Waals surface area contributed by atoms with Crippen molar-refractivity contribution >= 4 is 28.9 Å². The van der Waals surface area contributed by atoms with Crippen molar-refractivity contribution in [1.82, 2.24) is 0 Å². The highest BCUT2D eigenvalue weighted by molar-refractivity contribution is 6.31. The lowest BCUT2D eigenvalue weighted by molar-refractivity contribution is -0.114. The maximum atomic E-state index is 12.1. The highest BCUT2D eigenvalue weighted by atomic mass is 35.5. The number of benzene rings is 2. The van der Waals surface area contributed by atoms with E-state index >= 15 is 0 Å². The SMILES string of the molecule is COc1ccc(NCC(=O)Nc2cc(C)c(Cl)cc2OC)cc1. The minimum Gasteiger partial charge on any atom is -0.497 e. The minimum absolute atomic E-state index is 0.136. The summed E-state index contributed by atoms with van der Waals surface area (Å²) < 4.78 is 10.3. The fourth-order valence-corrected chi connectivity index (χ4v) is 2.17. The summed E-state index contributed by atoms with van der Waals surface area (Å²) in [5.74, 6) is 1.11. The number of amides is 1. The van der Waals surface area contributed by atoms with Crippen LogP contribution in [0.15, 0.2) is 36.4 Å². The van der Waals surface area contributed by atoms with Crippen LogP contribution in [0.5, 0.6) is 11.5 Å². The zero-order valence-electron chi connectivity index (χ0n) is 13.3. The van der Waals surface area contributed by atoms with Gasteiger partial charge in [-0.1, -0.05) is 11.6 Å². The lowest BCUT2D eigenvalue weighted by Gasteiger charge is -2.13. The number of hydrogen-bond donors (Lipinski definition) is 2. The first kappa shape index (κ1) is 17.0. The van der Waals surface area contributed by atoms with Crippen LogP contribution in [-0.2, 0) is 4.79 Å². The van der Waals surface area contributed by atoms with Crippen LogP contribution in [0.4, 0.5) is 11.4 Å². The Labute approximate surface area is 140 Å². The number of ether oxygens (including phenoxy) is 2. The number of aryl methyl sites for hydroxylation is 1. The second-order valence-electron chi connectivity index (χ2n) is 4.93. The Morgan fingerprint density at radius 3 is 2.43 bits per heavy atom. The van der Waals surface area contributed by atoms with Crippen molar-refractivity contribution in [2.75, 3.05) is 31.4 Å². The van der Waals surface area contributed by atoms with Gasteiger partial charge in [0.2, 0.25) is 5.91 Å². The second kappa shape index (κ2) is 7.74. The van der Waals surface area contributed by atoms with E-state index in [0.29, 0.717) is 16.5 Å². The van der Waals surface area contributed by atoms with Gasteiger partial charge in [0.05, 0.1) is 26.5 Å². The van der Waals surface area contributed by atoms with Crippen LogP contribution in [0.3, 0.4) is 0 Å². The molecule has 0 radical (unpaired) electrons. The smallest absolute Gasteiger partial charge is 0.243 e. The molecule has 0 unspecified atom stereocenters. The Morgan fingerprint density at radius 1 is 1.13 bits per heavy atom. The average molecular weight is 335 g/mol. The largest absolute Gasteiger partial charge is 0.497 e. The zero-order chi connectivity index (χ0) is 16.8. The van der Waals surface area contributed by atoms with Crippen LogP contribution in [0.1, 0.15) is 5.56 Å². The molecule has 122 valence electrons. The van der Waals surface area contributed by atoms with Crippen LogP contribution >= 0.6 is 11.6 Å². The molecule has 0 aliphatic heterocycles. The minimum atomic E-state index is -0.180. The number of hydrogen-bond acceptors (Lipinski definition) is 4. The molecule has 2 N–H and O–H groups in total. The van der Waals surface area contributed by atoms with E-state index in [2.05, 4.69) is 10.6 Å². The maximum Gasteiger partial charge on any atom is 0.243 e. The van der Waals surface area contributed by atoms with E-state index in [1.165, 1.54) is 7.11 Å². The van der Waals surface area contributed by atoms with Crippen molar-refractivity contribution in [1.29, 1.82) is 0 Å². The predicted octanol–water partition coefficient (Wildman–Crippen LogP) is 3.72. The normalized spacial score (nSPS) is 10.1. The van der Waals surface area contributed by atoms with Crippen LogP contribution < -0.4 is 20.1 Å². The molecule has 0 spiro atoms. The fourth-order valence-electron chi connectivity index (χ4n) is 2.02. The highest BCUT2D eigenvalue weighted by Gasteiger charge is 2.10. The molecule has 0 atom stereocenters. The number of halogens is 1. The summed E-state index contributed by atoms with van der Waals surface area (Å²) in [6.45, 7) is 2.00. The van der Waals surface area contributed by atoms with Crippen molar-refractivity contribution in [3.8, 4) is 11.5 Å². The van der Waals surface area contributed by atoms with Crippen LogP contribution in [0, 0.1) is 6.92 Å². The van der Waals surface area contributed by atoms with Gasteiger partial charge in [0, 0.05) is 16.8 Å². The Morgan fingerprint density at radius 2 is 1.83 bits per heavy atom. The van der Waals surface area contributed by atoms with Crippen molar-refractivity contribution in [2.45, 2.75) is 6.92 Å². The van der Waals surface area contributed by atoms with Gasteiger partial charge in [0.25, 0.3) is 0 Å². The molecule has 23 heavy (non-hydrogen) atoms. The molecule has 6 heteroatoms. The van der Waals surface area contributed by atoms with Gasteiger partial charge in [0.15, 0.2) is 0 Å². The zero-order valence-corrected chi connectivity index (χ0v) is 14.0. The number of rotatable bonds is 6. The molecule has 5 nitrogen and oxygen atoms in total. The topological polar surface area (TPSA) is 59.6 Å². The summed E-state index contributed by atoms with van der Waals surface area (Å²) in [7, 11) is 3.14. The Balaban J connectivity index is 1.98. The van der Waals surface area contributed by atoms with Crippen molar-refractivity contribution < 1.29 is 14.3 Å². The number of nitrogens with one attached hydrogen (secondary N) is 2. The summed E-state index contributed by atoms with van der Waals surface area (Å²) in [5.41, 5.74) is 2.29. The standard InChI is InChI=1S/C17H19ClN2O3/c1-11-8-15(16(23-3)9-14(11)18)20-17(21)10-19-12-4-6-13(22-2)7-5-12/h4-9,19H,10H2,1-3H3,(H,20,21). The van der Waals surface area contributed by atoms with Gasteiger partial charge in [-0.3, -0.25) is 4.79 Å². The molecule has 2 aromatic carbocycles. The monoisotopic (exact) mass is 334 g/mol. The van der Waals surface area contributed by atoms with E-state index in [1.54, 1.807) is 19.2 Å². The van der Waals surface area contributed by atoms with Crippen molar-refractivity contribution in [3.05, 3.63) is 47.0 Å². The molecule has 0 bridgehead atoms. The first-order chi connectivity index (χ1) is 11.0. The van der Waals surface area contributed by atoms with Gasteiger partial charge in [-0.2, -0.15) is 0 Å². The molecule has 0 saturated heterocycles. The molecule has 1 amide bonds. The molecular formula is C17H19ClN2O3. The number of anilines is 2. The molecule has 2 aromatic rings. The van der Waals surface area contributed by atoms with Crippen LogP contribution in [0.25, 0.3) is 0 Å². The first-order valence-electron chi connectivity index (χ1n) is 7.05. The fraction of sp³-hybridized carbons (Fsp3) is 0.235. The average Bonchev–Trinajstić information content (AvgIpc) is 2.56. The molecule has 0 saturated carbocycles. The quantitative estimate of drug-likeness (QED) is 0.845. The molecular weight excluding hydrogens is 316 g/mol. The molecule has 0 aliphatic rings. The van der Waals surface area contributed by atoms with Gasteiger partial charge in [-0.25, -0.2) is 0 Å². The summed E-state index contributed by atoms with van der Waals surface area (Å²) in [4.78, 5) is 12.1. The summed E-state index contributed by atoms with van der Waals surface area (Å²) in [6.07, 6.45) is 0. The number of carbonyl (C=O) groups excluding carboxylic acids is 1. The summed E-state index contributed by atoms with van der Waals surface area (Å²) in [5, 5.41) is 6.45. The molecule has 0 fully saturated rings. The van der Waals surface area contributed by atoms with E-state index in [1.807, 2.05) is 31.2 Å². The van der Waals surface area contributed by atoms with Crippen molar-refractivity contribution in [2.24, 2.45) is 0 Å². The van der Waals surface area contributed by atoms with E-state index in [0.717, 1.165) is 17.0 Å². The van der Waals surface area contributed by atoms with Gasteiger partial charge < -0.3 is 20.1 Å². The van der Waals surface area contributed by atoms with Gasteiger partial charge >= 0.3 is 0 Å². The van der Waals surface area contributed by atoms with E-state index < -0.39 is 0 Å². The van der Waals surface area contributed by atoms with E-state index in [9.17, 15) is 4.79 Å². The molecule has 2 rings (SSSR count). The highest BCUT2D eigenvalue weighted by Crippen LogP contribution is 2.30. The lowest BCUT2D eigenvalue weighted by atomic mass is 10.2. The van der Waals surface area contributed by atoms with Crippen molar-refractivity contribution in [3.63, 3.8) is 0 Å².